The van der Waals surface area contributed by atoms with Crippen LogP contribution in [0.15, 0.2) is 51.4 Å². The zero-order valence-electron chi connectivity index (χ0n) is 10.5. The molecule has 2 aromatic rings. The molecule has 1 unspecified atom stereocenters. The highest BCUT2D eigenvalue weighted by atomic mass is 79.9. The number of nitrogens with one attached hydrogen (secondary N) is 1. The van der Waals surface area contributed by atoms with Gasteiger partial charge in [-0.3, -0.25) is 0 Å². The summed E-state index contributed by atoms with van der Waals surface area (Å²) in [6.45, 7) is 2.17. The molecule has 0 fully saturated rings. The quantitative estimate of drug-likeness (QED) is 0.620. The smallest absolute Gasteiger partial charge is 0.0568 e. The first-order valence-electron chi connectivity index (χ1n) is 6.07. The molecule has 2 rings (SSSR count). The molecule has 1 N–H and O–H groups in total. The van der Waals surface area contributed by atoms with Crippen molar-refractivity contribution in [1.29, 1.82) is 0 Å². The van der Waals surface area contributed by atoms with E-state index in [9.17, 15) is 0 Å². The molecule has 0 aliphatic heterocycles. The maximum atomic E-state index is 6.11. The van der Waals surface area contributed by atoms with E-state index in [1.54, 1.807) is 0 Å². The molecule has 0 heterocycles. The summed E-state index contributed by atoms with van der Waals surface area (Å²) >= 11 is 13.0. The number of anilines is 1. The van der Waals surface area contributed by atoms with Crippen molar-refractivity contribution in [3.05, 3.63) is 62.0 Å². The normalized spacial score (nSPS) is 12.2. The van der Waals surface area contributed by atoms with Crippen molar-refractivity contribution in [3.63, 3.8) is 0 Å². The zero-order valence-corrected chi connectivity index (χ0v) is 14.4. The van der Waals surface area contributed by atoms with Gasteiger partial charge >= 0.3 is 0 Å². The van der Waals surface area contributed by atoms with Crippen LogP contribution in [0.3, 0.4) is 0 Å². The van der Waals surface area contributed by atoms with Crippen LogP contribution in [0.25, 0.3) is 0 Å². The summed E-state index contributed by atoms with van der Waals surface area (Å²) in [5, 5.41) is 4.23. The summed E-state index contributed by atoms with van der Waals surface area (Å²) in [5.74, 6) is 0. The van der Waals surface area contributed by atoms with Gasteiger partial charge in [-0.25, -0.2) is 0 Å². The van der Waals surface area contributed by atoms with Gasteiger partial charge in [0.05, 0.1) is 11.1 Å². The molecule has 19 heavy (non-hydrogen) atoms. The molecular formula is C15H14Br2ClN. The lowest BCUT2D eigenvalue weighted by atomic mass is 10.0. The van der Waals surface area contributed by atoms with Crippen LogP contribution >= 0.6 is 43.5 Å². The highest BCUT2D eigenvalue weighted by molar-refractivity contribution is 9.10. The molecular weight excluding hydrogens is 389 g/mol. The van der Waals surface area contributed by atoms with Crippen molar-refractivity contribution in [3.8, 4) is 0 Å². The number of hydrogen-bond acceptors (Lipinski definition) is 1. The van der Waals surface area contributed by atoms with E-state index in [0.717, 1.165) is 26.1 Å². The molecule has 2 aromatic carbocycles. The highest BCUT2D eigenvalue weighted by Crippen LogP contribution is 2.29. The third-order valence-electron chi connectivity index (χ3n) is 2.94. The Kier molecular flexibility index (Phi) is 5.31. The summed E-state index contributed by atoms with van der Waals surface area (Å²) in [6.07, 6.45) is 1.01. The maximum Gasteiger partial charge on any atom is 0.0568 e. The Balaban J connectivity index is 2.18. The average molecular weight is 404 g/mol. The first-order valence-corrected chi connectivity index (χ1v) is 8.03. The van der Waals surface area contributed by atoms with Crippen LogP contribution in [0, 0.1) is 0 Å². The van der Waals surface area contributed by atoms with Crippen LogP contribution in [0.4, 0.5) is 5.69 Å². The molecule has 0 aliphatic rings. The monoisotopic (exact) mass is 401 g/mol. The van der Waals surface area contributed by atoms with Gasteiger partial charge in [0, 0.05) is 14.6 Å². The topological polar surface area (TPSA) is 12.0 Å². The third-order valence-corrected chi connectivity index (χ3v) is 4.70. The van der Waals surface area contributed by atoms with E-state index >= 15 is 0 Å². The van der Waals surface area contributed by atoms with E-state index in [1.165, 1.54) is 5.56 Å². The van der Waals surface area contributed by atoms with Crippen molar-refractivity contribution in [1.82, 2.24) is 0 Å². The Bertz CT molecular complexity index is 555. The zero-order chi connectivity index (χ0) is 13.8. The molecule has 0 spiro atoms. The van der Waals surface area contributed by atoms with Crippen molar-refractivity contribution in [2.24, 2.45) is 0 Å². The minimum Gasteiger partial charge on any atom is -0.378 e. The van der Waals surface area contributed by atoms with E-state index in [2.05, 4.69) is 68.4 Å². The Morgan fingerprint density at radius 1 is 1.11 bits per heavy atom. The molecule has 100 valence electrons. The molecule has 0 saturated carbocycles. The second kappa shape index (κ2) is 6.78. The van der Waals surface area contributed by atoms with Gasteiger partial charge in [-0.15, -0.1) is 0 Å². The van der Waals surface area contributed by atoms with Crippen molar-refractivity contribution >= 4 is 49.1 Å². The molecule has 4 heteroatoms. The largest absolute Gasteiger partial charge is 0.378 e. The Labute approximate surface area is 135 Å². The molecule has 0 radical (unpaired) electrons. The van der Waals surface area contributed by atoms with Gasteiger partial charge in [0.1, 0.15) is 0 Å². The van der Waals surface area contributed by atoms with Crippen LogP contribution < -0.4 is 5.32 Å². The van der Waals surface area contributed by atoms with Crippen LogP contribution in [0.2, 0.25) is 5.02 Å². The first kappa shape index (κ1) is 14.9. The van der Waals surface area contributed by atoms with Gasteiger partial charge in [-0.05, 0) is 58.2 Å². The number of hydrogen-bond donors (Lipinski definition) is 1. The average Bonchev–Trinajstić information content (AvgIpc) is 2.41. The Morgan fingerprint density at radius 3 is 2.37 bits per heavy atom. The summed E-state index contributed by atoms with van der Waals surface area (Å²) in [5.41, 5.74) is 2.30. The van der Waals surface area contributed by atoms with Gasteiger partial charge < -0.3 is 5.32 Å². The lowest BCUT2D eigenvalue weighted by molar-refractivity contribution is 0.749. The number of rotatable bonds is 4. The Hall–Kier alpha value is -0.510. The van der Waals surface area contributed by atoms with Gasteiger partial charge in [-0.1, -0.05) is 46.6 Å². The third kappa shape index (κ3) is 3.98. The molecule has 1 nitrogen and oxygen atoms in total. The fraction of sp³-hybridized carbons (Fsp3) is 0.200. The summed E-state index contributed by atoms with van der Waals surface area (Å²) in [7, 11) is 0. The van der Waals surface area contributed by atoms with Gasteiger partial charge in [0.2, 0.25) is 0 Å². The lowest BCUT2D eigenvalue weighted by Crippen LogP contribution is -2.09. The predicted octanol–water partition coefficient (Wildman–Crippen LogP) is 6.43. The summed E-state index contributed by atoms with van der Waals surface area (Å²) < 4.78 is 2.01. The fourth-order valence-electron chi connectivity index (χ4n) is 1.90. The van der Waals surface area contributed by atoms with Crippen LogP contribution in [0.5, 0.6) is 0 Å². The molecule has 0 aromatic heterocycles. The Morgan fingerprint density at radius 2 is 1.79 bits per heavy atom. The van der Waals surface area contributed by atoms with Crippen LogP contribution in [0.1, 0.15) is 24.9 Å². The van der Waals surface area contributed by atoms with E-state index in [4.69, 9.17) is 11.6 Å². The van der Waals surface area contributed by atoms with Gasteiger partial charge in [0.15, 0.2) is 0 Å². The van der Waals surface area contributed by atoms with Crippen molar-refractivity contribution < 1.29 is 0 Å². The van der Waals surface area contributed by atoms with E-state index < -0.39 is 0 Å². The van der Waals surface area contributed by atoms with Gasteiger partial charge in [-0.2, -0.15) is 0 Å². The van der Waals surface area contributed by atoms with E-state index in [-0.39, 0.29) is 6.04 Å². The number of halogens is 3. The predicted molar refractivity (Wildman–Crippen MR) is 89.9 cm³/mol. The van der Waals surface area contributed by atoms with Crippen LogP contribution in [-0.4, -0.2) is 0 Å². The molecule has 0 amide bonds. The van der Waals surface area contributed by atoms with Crippen molar-refractivity contribution in [2.75, 3.05) is 5.32 Å². The summed E-state index contributed by atoms with van der Waals surface area (Å²) in [6, 6.07) is 14.6. The molecule has 0 saturated heterocycles. The highest BCUT2D eigenvalue weighted by Gasteiger charge is 2.09. The lowest BCUT2D eigenvalue weighted by Gasteiger charge is -2.19. The SMILES string of the molecule is CCC(Nc1ccc(Br)c(Cl)c1)c1ccc(Br)cc1. The second-order valence-corrected chi connectivity index (χ2v) is 6.46. The van der Waals surface area contributed by atoms with Gasteiger partial charge in [0.25, 0.3) is 0 Å². The molecule has 0 aliphatic carbocycles. The van der Waals surface area contributed by atoms with Crippen molar-refractivity contribution in [2.45, 2.75) is 19.4 Å². The molecule has 1 atom stereocenters. The fourth-order valence-corrected chi connectivity index (χ4v) is 2.59. The van der Waals surface area contributed by atoms with E-state index in [0.29, 0.717) is 0 Å². The standard InChI is InChI=1S/C15H14Br2ClN/c1-2-15(10-3-5-11(16)6-4-10)19-12-7-8-13(17)14(18)9-12/h3-9,15,19H,2H2,1H3. The first-order chi connectivity index (χ1) is 9.10. The van der Waals surface area contributed by atoms with Crippen LogP contribution in [-0.2, 0) is 0 Å². The molecule has 0 bridgehead atoms. The second-order valence-electron chi connectivity index (χ2n) is 4.29. The maximum absolute atomic E-state index is 6.11. The number of benzene rings is 2. The summed E-state index contributed by atoms with van der Waals surface area (Å²) in [4.78, 5) is 0. The minimum absolute atomic E-state index is 0.283. The minimum atomic E-state index is 0.283. The van der Waals surface area contributed by atoms with E-state index in [1.807, 2.05) is 18.2 Å².